The first-order chi connectivity index (χ1) is 9.66. The molecule has 0 heterocycles. The van der Waals surface area contributed by atoms with E-state index in [-0.39, 0.29) is 11.8 Å². The van der Waals surface area contributed by atoms with Gasteiger partial charge in [-0.3, -0.25) is 0 Å². The zero-order chi connectivity index (χ0) is 14.4. The highest BCUT2D eigenvalue weighted by Gasteiger charge is 2.14. The molecule has 0 bridgehead atoms. The smallest absolute Gasteiger partial charge is 0.115 e. The lowest BCUT2D eigenvalue weighted by atomic mass is 10.0. The third-order valence-corrected chi connectivity index (χ3v) is 3.43. The summed E-state index contributed by atoms with van der Waals surface area (Å²) < 4.78 is 0. The van der Waals surface area contributed by atoms with Gasteiger partial charge in [0, 0.05) is 6.04 Å². The van der Waals surface area contributed by atoms with Gasteiger partial charge < -0.3 is 15.5 Å². The normalized spacial score (nSPS) is 13.9. The fourth-order valence-electron chi connectivity index (χ4n) is 2.16. The van der Waals surface area contributed by atoms with E-state index in [4.69, 9.17) is 0 Å². The molecule has 3 nitrogen and oxygen atoms in total. The maximum absolute atomic E-state index is 10.2. The molecule has 0 radical (unpaired) electrons. The zero-order valence-corrected chi connectivity index (χ0v) is 11.7. The van der Waals surface area contributed by atoms with Crippen LogP contribution in [0.15, 0.2) is 54.6 Å². The molecule has 20 heavy (non-hydrogen) atoms. The Morgan fingerprint density at radius 1 is 1.00 bits per heavy atom. The Morgan fingerprint density at radius 2 is 1.65 bits per heavy atom. The van der Waals surface area contributed by atoms with Crippen molar-refractivity contribution in [2.24, 2.45) is 0 Å². The van der Waals surface area contributed by atoms with E-state index in [1.807, 2.05) is 49.4 Å². The van der Waals surface area contributed by atoms with Gasteiger partial charge in [0.05, 0.1) is 6.10 Å². The van der Waals surface area contributed by atoms with E-state index in [1.54, 1.807) is 12.1 Å². The Balaban J connectivity index is 1.80. The number of nitrogens with one attached hydrogen (secondary N) is 1. The van der Waals surface area contributed by atoms with E-state index in [0.29, 0.717) is 0 Å². The van der Waals surface area contributed by atoms with Crippen LogP contribution in [0.5, 0.6) is 5.75 Å². The lowest BCUT2D eigenvalue weighted by Crippen LogP contribution is -2.33. The van der Waals surface area contributed by atoms with Crippen LogP contribution in [0.4, 0.5) is 0 Å². The highest BCUT2D eigenvalue weighted by molar-refractivity contribution is 5.26. The van der Waals surface area contributed by atoms with Crippen LogP contribution < -0.4 is 5.32 Å². The Hall–Kier alpha value is -1.84. The van der Waals surface area contributed by atoms with Crippen LogP contribution in [-0.4, -0.2) is 22.8 Å². The summed E-state index contributed by atoms with van der Waals surface area (Å²) in [7, 11) is 0. The van der Waals surface area contributed by atoms with Crippen molar-refractivity contribution >= 4 is 0 Å². The molecule has 0 saturated carbocycles. The summed E-state index contributed by atoms with van der Waals surface area (Å²) in [5.74, 6) is 0.287. The van der Waals surface area contributed by atoms with Crippen molar-refractivity contribution < 1.29 is 10.2 Å². The molecule has 2 aromatic carbocycles. The molecule has 0 aromatic heterocycles. The Morgan fingerprint density at radius 3 is 2.30 bits per heavy atom. The van der Waals surface area contributed by atoms with Gasteiger partial charge in [0.25, 0.3) is 0 Å². The second-order valence-electron chi connectivity index (χ2n) is 5.01. The Labute approximate surface area is 119 Å². The molecular weight excluding hydrogens is 250 g/mol. The fraction of sp³-hybridized carbons (Fsp3) is 0.294. The van der Waals surface area contributed by atoms with Crippen LogP contribution >= 0.6 is 0 Å². The zero-order valence-electron chi connectivity index (χ0n) is 11.7. The summed E-state index contributed by atoms with van der Waals surface area (Å²) in [6.45, 7) is 2.77. The third-order valence-electron chi connectivity index (χ3n) is 3.43. The van der Waals surface area contributed by atoms with E-state index in [0.717, 1.165) is 24.1 Å². The van der Waals surface area contributed by atoms with E-state index >= 15 is 0 Å². The monoisotopic (exact) mass is 271 g/mol. The molecular formula is C17H21NO2. The first-order valence-corrected chi connectivity index (χ1v) is 6.91. The van der Waals surface area contributed by atoms with E-state index in [1.165, 1.54) is 0 Å². The minimum atomic E-state index is -0.504. The summed E-state index contributed by atoms with van der Waals surface area (Å²) in [4.78, 5) is 0. The van der Waals surface area contributed by atoms with Crippen LogP contribution in [0.25, 0.3) is 0 Å². The number of hydrogen-bond acceptors (Lipinski definition) is 3. The lowest BCUT2D eigenvalue weighted by Gasteiger charge is -2.20. The van der Waals surface area contributed by atoms with Crippen molar-refractivity contribution in [2.75, 3.05) is 6.54 Å². The molecule has 2 atom stereocenters. The molecule has 0 fully saturated rings. The molecule has 2 rings (SSSR count). The molecule has 0 aliphatic heterocycles. The first kappa shape index (κ1) is 14.6. The number of hydrogen-bond donors (Lipinski definition) is 3. The molecule has 0 aliphatic rings. The number of aromatic hydroxyl groups is 1. The molecule has 0 aliphatic carbocycles. The van der Waals surface area contributed by atoms with Gasteiger partial charge in [-0.15, -0.1) is 0 Å². The molecule has 2 aromatic rings. The molecule has 106 valence electrons. The highest BCUT2D eigenvalue weighted by atomic mass is 16.3. The van der Waals surface area contributed by atoms with Gasteiger partial charge >= 0.3 is 0 Å². The molecule has 2 unspecified atom stereocenters. The Bertz CT molecular complexity index is 510. The summed E-state index contributed by atoms with van der Waals surface area (Å²) in [6, 6.07) is 16.9. The summed E-state index contributed by atoms with van der Waals surface area (Å²) in [6.07, 6.45) is 0.364. The van der Waals surface area contributed by atoms with Crippen LogP contribution in [-0.2, 0) is 6.42 Å². The number of phenols is 1. The molecule has 0 saturated heterocycles. The lowest BCUT2D eigenvalue weighted by molar-refractivity contribution is 0.136. The van der Waals surface area contributed by atoms with Crippen molar-refractivity contribution in [3.63, 3.8) is 0 Å². The third kappa shape index (κ3) is 4.08. The van der Waals surface area contributed by atoms with Gasteiger partial charge in [0.2, 0.25) is 0 Å². The van der Waals surface area contributed by atoms with E-state index in [2.05, 4.69) is 5.32 Å². The van der Waals surface area contributed by atoms with Gasteiger partial charge in [0.1, 0.15) is 5.75 Å². The average molecular weight is 271 g/mol. The predicted molar refractivity (Wildman–Crippen MR) is 80.7 cm³/mol. The van der Waals surface area contributed by atoms with E-state index < -0.39 is 6.10 Å². The topological polar surface area (TPSA) is 52.5 Å². The van der Waals surface area contributed by atoms with Crippen molar-refractivity contribution in [3.8, 4) is 5.75 Å². The maximum Gasteiger partial charge on any atom is 0.115 e. The van der Waals surface area contributed by atoms with Gasteiger partial charge in [-0.1, -0.05) is 42.5 Å². The minimum Gasteiger partial charge on any atom is -0.508 e. The largest absolute Gasteiger partial charge is 0.508 e. The quantitative estimate of drug-likeness (QED) is 0.757. The summed E-state index contributed by atoms with van der Waals surface area (Å²) in [5, 5.41) is 22.8. The van der Waals surface area contributed by atoms with E-state index in [9.17, 15) is 10.2 Å². The molecule has 0 amide bonds. The number of aliphatic hydroxyl groups excluding tert-OH is 1. The second kappa shape index (κ2) is 7.08. The Kier molecular flexibility index (Phi) is 5.16. The first-order valence-electron chi connectivity index (χ1n) is 6.91. The maximum atomic E-state index is 10.2. The predicted octanol–water partition coefficient (Wildman–Crippen LogP) is 2.65. The van der Waals surface area contributed by atoms with Crippen molar-refractivity contribution in [2.45, 2.75) is 25.5 Å². The van der Waals surface area contributed by atoms with Gasteiger partial charge in [0.15, 0.2) is 0 Å². The number of aliphatic hydroxyl groups is 1. The molecule has 0 spiro atoms. The van der Waals surface area contributed by atoms with Gasteiger partial charge in [-0.25, -0.2) is 0 Å². The van der Waals surface area contributed by atoms with Crippen LogP contribution in [0, 0.1) is 0 Å². The van der Waals surface area contributed by atoms with Gasteiger partial charge in [-0.05, 0) is 43.1 Å². The van der Waals surface area contributed by atoms with Crippen molar-refractivity contribution in [3.05, 3.63) is 65.7 Å². The SMILES string of the molecule is CC(NCCc1ccc(O)cc1)C(O)c1ccccc1. The fourth-order valence-corrected chi connectivity index (χ4v) is 2.16. The number of rotatable bonds is 6. The number of benzene rings is 2. The summed E-state index contributed by atoms with van der Waals surface area (Å²) in [5.41, 5.74) is 2.09. The molecule has 3 N–H and O–H groups in total. The highest BCUT2D eigenvalue weighted by Crippen LogP contribution is 2.16. The minimum absolute atomic E-state index is 0.00508. The molecule has 3 heteroatoms. The van der Waals surface area contributed by atoms with Crippen LogP contribution in [0.1, 0.15) is 24.2 Å². The standard InChI is InChI=1S/C17H21NO2/c1-13(17(20)15-5-3-2-4-6-15)18-12-11-14-7-9-16(19)10-8-14/h2-10,13,17-20H,11-12H2,1H3. The number of phenolic OH excluding ortho intramolecular Hbond substituents is 1. The average Bonchev–Trinajstić information content (AvgIpc) is 2.49. The van der Waals surface area contributed by atoms with Crippen LogP contribution in [0.2, 0.25) is 0 Å². The second-order valence-corrected chi connectivity index (χ2v) is 5.01. The summed E-state index contributed by atoms with van der Waals surface area (Å²) >= 11 is 0. The van der Waals surface area contributed by atoms with Crippen LogP contribution in [0.3, 0.4) is 0 Å². The van der Waals surface area contributed by atoms with Gasteiger partial charge in [-0.2, -0.15) is 0 Å². The van der Waals surface area contributed by atoms with Crippen molar-refractivity contribution in [1.29, 1.82) is 0 Å². The van der Waals surface area contributed by atoms with Crippen molar-refractivity contribution in [1.82, 2.24) is 5.32 Å².